The molecule has 1 heterocycles. The second-order valence-electron chi connectivity index (χ2n) is 5.93. The van der Waals surface area contributed by atoms with E-state index in [4.69, 9.17) is 4.42 Å². The first-order valence-electron chi connectivity index (χ1n) is 8.27. The zero-order chi connectivity index (χ0) is 17.9. The Morgan fingerprint density at radius 2 is 1.15 bits per heavy atom. The van der Waals surface area contributed by atoms with E-state index in [1.54, 1.807) is 12.1 Å². The molecule has 0 N–H and O–H groups in total. The molecule has 4 rings (SSSR count). The fraction of sp³-hybridized carbons (Fsp3) is 0. The molecule has 126 valence electrons. The van der Waals surface area contributed by atoms with Gasteiger partial charge in [-0.15, -0.1) is 0 Å². The molecule has 0 amide bonds. The Kier molecular flexibility index (Phi) is 4.20. The lowest BCUT2D eigenvalue weighted by atomic mass is 9.97. The Balaban J connectivity index is 1.97. The summed E-state index contributed by atoms with van der Waals surface area (Å²) in [6.45, 7) is 0. The summed E-state index contributed by atoms with van der Waals surface area (Å²) >= 11 is 0. The van der Waals surface area contributed by atoms with E-state index in [9.17, 15) is 9.18 Å². The minimum atomic E-state index is -0.449. The summed E-state index contributed by atoms with van der Waals surface area (Å²) in [5, 5.41) is 0. The molecule has 2 nitrogen and oxygen atoms in total. The fourth-order valence-corrected chi connectivity index (χ4v) is 2.94. The topological polar surface area (TPSA) is 30.2 Å². The predicted molar refractivity (Wildman–Crippen MR) is 101 cm³/mol. The van der Waals surface area contributed by atoms with Crippen LogP contribution < -0.4 is 5.63 Å². The molecule has 0 fully saturated rings. The van der Waals surface area contributed by atoms with Gasteiger partial charge in [0.1, 0.15) is 11.6 Å². The zero-order valence-corrected chi connectivity index (χ0v) is 13.9. The van der Waals surface area contributed by atoms with Crippen molar-refractivity contribution in [1.82, 2.24) is 0 Å². The van der Waals surface area contributed by atoms with E-state index in [1.165, 1.54) is 12.1 Å². The summed E-state index contributed by atoms with van der Waals surface area (Å²) in [6.07, 6.45) is 0. The minimum absolute atomic E-state index is 0.345. The molecule has 4 aromatic rings. The molecule has 0 spiro atoms. The van der Waals surface area contributed by atoms with E-state index in [0.29, 0.717) is 16.9 Å². The van der Waals surface area contributed by atoms with E-state index in [2.05, 4.69) is 0 Å². The summed E-state index contributed by atoms with van der Waals surface area (Å²) in [4.78, 5) is 12.6. The van der Waals surface area contributed by atoms with Crippen molar-refractivity contribution >= 4 is 0 Å². The normalized spacial score (nSPS) is 10.7. The first kappa shape index (κ1) is 16.0. The Bertz CT molecular complexity index is 1080. The van der Waals surface area contributed by atoms with Gasteiger partial charge in [0.05, 0.1) is 5.56 Å². The van der Waals surface area contributed by atoms with Crippen LogP contribution in [0, 0.1) is 5.82 Å². The summed E-state index contributed by atoms with van der Waals surface area (Å²) in [5.41, 5.74) is 3.17. The van der Waals surface area contributed by atoms with Crippen LogP contribution in [0.1, 0.15) is 0 Å². The first-order valence-corrected chi connectivity index (χ1v) is 8.27. The van der Waals surface area contributed by atoms with Crippen LogP contribution in [0.15, 0.2) is 100 Å². The third-order valence-corrected chi connectivity index (χ3v) is 4.22. The van der Waals surface area contributed by atoms with Crippen LogP contribution in [-0.4, -0.2) is 0 Å². The number of halogens is 1. The van der Waals surface area contributed by atoms with Gasteiger partial charge in [0.2, 0.25) is 0 Å². The van der Waals surface area contributed by atoms with Crippen molar-refractivity contribution in [2.45, 2.75) is 0 Å². The maximum absolute atomic E-state index is 13.2. The molecule has 0 aliphatic heterocycles. The van der Waals surface area contributed by atoms with Gasteiger partial charge < -0.3 is 4.42 Å². The number of rotatable bonds is 3. The fourth-order valence-electron chi connectivity index (χ4n) is 2.94. The van der Waals surface area contributed by atoms with Crippen LogP contribution >= 0.6 is 0 Å². The van der Waals surface area contributed by atoms with Crippen LogP contribution in [-0.2, 0) is 0 Å². The third kappa shape index (κ3) is 3.07. The van der Waals surface area contributed by atoms with Crippen LogP contribution in [0.2, 0.25) is 0 Å². The number of benzene rings is 3. The highest BCUT2D eigenvalue weighted by Crippen LogP contribution is 2.33. The van der Waals surface area contributed by atoms with Crippen molar-refractivity contribution in [3.8, 4) is 33.6 Å². The van der Waals surface area contributed by atoms with E-state index in [0.717, 1.165) is 16.7 Å². The highest BCUT2D eigenvalue weighted by molar-refractivity contribution is 5.82. The standard InChI is InChI=1S/C23H15FO2/c24-19-13-11-17(12-14-19)21-15-20(16-7-3-1-4-8-16)22(26-23(21)25)18-9-5-2-6-10-18/h1-15H. The van der Waals surface area contributed by atoms with Crippen molar-refractivity contribution < 1.29 is 8.81 Å². The number of hydrogen-bond donors (Lipinski definition) is 0. The van der Waals surface area contributed by atoms with Crippen molar-refractivity contribution in [2.24, 2.45) is 0 Å². The predicted octanol–water partition coefficient (Wildman–Crippen LogP) is 5.78. The number of hydrogen-bond acceptors (Lipinski definition) is 2. The maximum atomic E-state index is 13.2. The molecule has 26 heavy (non-hydrogen) atoms. The monoisotopic (exact) mass is 342 g/mol. The highest BCUT2D eigenvalue weighted by Gasteiger charge is 2.15. The van der Waals surface area contributed by atoms with Crippen LogP contribution in [0.4, 0.5) is 4.39 Å². The van der Waals surface area contributed by atoms with Crippen molar-refractivity contribution in [3.63, 3.8) is 0 Å². The van der Waals surface area contributed by atoms with Gasteiger partial charge in [-0.3, -0.25) is 0 Å². The summed E-state index contributed by atoms with van der Waals surface area (Å²) in [5.74, 6) is 0.176. The summed E-state index contributed by atoms with van der Waals surface area (Å²) in [6, 6.07) is 26.9. The molecular weight excluding hydrogens is 327 g/mol. The quantitative estimate of drug-likeness (QED) is 0.472. The molecule has 0 unspecified atom stereocenters. The van der Waals surface area contributed by atoms with Gasteiger partial charge in [-0.05, 0) is 29.3 Å². The summed E-state index contributed by atoms with van der Waals surface area (Å²) in [7, 11) is 0. The molecular formula is C23H15FO2. The Labute approximate surface area is 150 Å². The van der Waals surface area contributed by atoms with E-state index in [1.807, 2.05) is 66.7 Å². The molecule has 3 heteroatoms. The Morgan fingerprint density at radius 1 is 0.615 bits per heavy atom. The average molecular weight is 342 g/mol. The summed E-state index contributed by atoms with van der Waals surface area (Å²) < 4.78 is 18.9. The van der Waals surface area contributed by atoms with Crippen LogP contribution in [0.3, 0.4) is 0 Å². The molecule has 0 bridgehead atoms. The highest BCUT2D eigenvalue weighted by atomic mass is 19.1. The van der Waals surface area contributed by atoms with Crippen molar-refractivity contribution in [2.75, 3.05) is 0 Å². The van der Waals surface area contributed by atoms with Gasteiger partial charge in [0, 0.05) is 11.1 Å². The molecule has 0 aliphatic carbocycles. The third-order valence-electron chi connectivity index (χ3n) is 4.22. The molecule has 0 saturated carbocycles. The molecule has 0 saturated heterocycles. The second kappa shape index (κ2) is 6.81. The lowest BCUT2D eigenvalue weighted by Crippen LogP contribution is -2.05. The Morgan fingerprint density at radius 3 is 1.77 bits per heavy atom. The average Bonchev–Trinajstić information content (AvgIpc) is 2.70. The Hall–Kier alpha value is -3.46. The van der Waals surface area contributed by atoms with E-state index < -0.39 is 5.63 Å². The van der Waals surface area contributed by atoms with E-state index >= 15 is 0 Å². The van der Waals surface area contributed by atoms with Gasteiger partial charge in [0.25, 0.3) is 0 Å². The lowest BCUT2D eigenvalue weighted by molar-refractivity contribution is 0.530. The van der Waals surface area contributed by atoms with Crippen molar-refractivity contribution in [3.05, 3.63) is 107 Å². The van der Waals surface area contributed by atoms with Crippen molar-refractivity contribution in [1.29, 1.82) is 0 Å². The van der Waals surface area contributed by atoms with E-state index in [-0.39, 0.29) is 5.82 Å². The zero-order valence-electron chi connectivity index (χ0n) is 13.9. The molecule has 0 atom stereocenters. The largest absolute Gasteiger partial charge is 0.422 e. The molecule has 3 aromatic carbocycles. The molecule has 0 radical (unpaired) electrons. The van der Waals surface area contributed by atoms with Gasteiger partial charge in [-0.2, -0.15) is 0 Å². The smallest absolute Gasteiger partial charge is 0.344 e. The first-order chi connectivity index (χ1) is 12.7. The van der Waals surface area contributed by atoms with Gasteiger partial charge >= 0.3 is 5.63 Å². The van der Waals surface area contributed by atoms with Crippen LogP contribution in [0.25, 0.3) is 33.6 Å². The minimum Gasteiger partial charge on any atom is -0.422 e. The second-order valence-corrected chi connectivity index (χ2v) is 5.93. The SMILES string of the molecule is O=c1oc(-c2ccccc2)c(-c2ccccc2)cc1-c1ccc(F)cc1. The molecule has 0 aliphatic rings. The van der Waals surface area contributed by atoms with Crippen LogP contribution in [0.5, 0.6) is 0 Å². The van der Waals surface area contributed by atoms with Gasteiger partial charge in [0.15, 0.2) is 0 Å². The molecule has 1 aromatic heterocycles. The van der Waals surface area contributed by atoms with Gasteiger partial charge in [-0.1, -0.05) is 72.8 Å². The lowest BCUT2D eigenvalue weighted by Gasteiger charge is -2.11. The maximum Gasteiger partial charge on any atom is 0.344 e. The van der Waals surface area contributed by atoms with Gasteiger partial charge in [-0.25, -0.2) is 9.18 Å².